The van der Waals surface area contributed by atoms with E-state index in [0.717, 1.165) is 0 Å². The van der Waals surface area contributed by atoms with Gasteiger partial charge in [0, 0.05) is 13.3 Å². The Morgan fingerprint density at radius 1 is 1.62 bits per heavy atom. The fourth-order valence-corrected chi connectivity index (χ4v) is 0.929. The predicted molar refractivity (Wildman–Crippen MR) is 49.5 cm³/mol. The molecule has 0 fully saturated rings. The smallest absolute Gasteiger partial charge is 0.164 e. The highest BCUT2D eigenvalue weighted by Crippen LogP contribution is 2.14. The maximum atomic E-state index is 5.68. The molecule has 1 heterocycles. The lowest BCUT2D eigenvalue weighted by Crippen LogP contribution is -2.07. The number of hydrogen-bond donors (Lipinski definition) is 1. The Balaban J connectivity index is 2.29. The van der Waals surface area contributed by atoms with Crippen LogP contribution in [0.15, 0.2) is 6.20 Å². The molecule has 0 aliphatic rings. The van der Waals surface area contributed by atoms with E-state index in [0.29, 0.717) is 30.8 Å². The van der Waals surface area contributed by atoms with Crippen LogP contribution in [0.3, 0.4) is 0 Å². The van der Waals surface area contributed by atoms with E-state index in [-0.39, 0.29) is 0 Å². The van der Waals surface area contributed by atoms with Gasteiger partial charge in [-0.2, -0.15) is 5.10 Å². The van der Waals surface area contributed by atoms with Crippen LogP contribution in [0.4, 0.5) is 5.82 Å². The van der Waals surface area contributed by atoms with E-state index in [4.69, 9.17) is 26.8 Å². The molecule has 0 aliphatic heterocycles. The SMILES string of the molecule is COCCOCn1cc(Cl)c(N)n1. The zero-order chi connectivity index (χ0) is 9.68. The zero-order valence-corrected chi connectivity index (χ0v) is 8.12. The van der Waals surface area contributed by atoms with Crippen molar-refractivity contribution in [3.8, 4) is 0 Å². The minimum atomic E-state index is 0.317. The minimum Gasteiger partial charge on any atom is -0.382 e. The molecule has 0 aliphatic carbocycles. The second kappa shape index (κ2) is 5.06. The summed E-state index contributed by atoms with van der Waals surface area (Å²) in [7, 11) is 1.62. The van der Waals surface area contributed by atoms with Crippen LogP contribution in [0.1, 0.15) is 0 Å². The first kappa shape index (κ1) is 10.3. The van der Waals surface area contributed by atoms with Crippen molar-refractivity contribution in [1.29, 1.82) is 0 Å². The quantitative estimate of drug-likeness (QED) is 0.721. The Labute approximate surface area is 81.4 Å². The molecule has 0 radical (unpaired) electrons. The standard InChI is InChI=1S/C7H12ClN3O2/c1-12-2-3-13-5-11-4-6(8)7(9)10-11/h4H,2-3,5H2,1H3,(H2,9,10). The minimum absolute atomic E-state index is 0.317. The van der Waals surface area contributed by atoms with Crippen molar-refractivity contribution < 1.29 is 9.47 Å². The number of ether oxygens (including phenoxy) is 2. The molecule has 0 saturated carbocycles. The van der Waals surface area contributed by atoms with Crippen LogP contribution in [0.5, 0.6) is 0 Å². The summed E-state index contributed by atoms with van der Waals surface area (Å²) < 4.78 is 11.5. The van der Waals surface area contributed by atoms with Gasteiger partial charge in [-0.25, -0.2) is 4.68 Å². The van der Waals surface area contributed by atoms with Crippen molar-refractivity contribution in [2.75, 3.05) is 26.1 Å². The van der Waals surface area contributed by atoms with Gasteiger partial charge >= 0.3 is 0 Å². The molecule has 0 unspecified atom stereocenters. The third-order valence-electron chi connectivity index (χ3n) is 1.40. The Hall–Kier alpha value is -0.780. The lowest BCUT2D eigenvalue weighted by molar-refractivity contribution is 0.0290. The first-order chi connectivity index (χ1) is 6.24. The van der Waals surface area contributed by atoms with Gasteiger partial charge in [-0.1, -0.05) is 11.6 Å². The van der Waals surface area contributed by atoms with Gasteiger partial charge in [0.15, 0.2) is 5.82 Å². The lowest BCUT2D eigenvalue weighted by Gasteiger charge is -2.02. The number of nitrogens with zero attached hydrogens (tertiary/aromatic N) is 2. The Morgan fingerprint density at radius 3 is 2.92 bits per heavy atom. The summed E-state index contributed by atoms with van der Waals surface area (Å²) in [5, 5.41) is 4.34. The maximum Gasteiger partial charge on any atom is 0.164 e. The van der Waals surface area contributed by atoms with Gasteiger partial charge in [0.1, 0.15) is 11.8 Å². The van der Waals surface area contributed by atoms with Gasteiger partial charge < -0.3 is 15.2 Å². The van der Waals surface area contributed by atoms with E-state index in [1.807, 2.05) is 0 Å². The van der Waals surface area contributed by atoms with Crippen LogP contribution in [0, 0.1) is 0 Å². The van der Waals surface area contributed by atoms with Crippen molar-refractivity contribution in [3.63, 3.8) is 0 Å². The highest BCUT2D eigenvalue weighted by atomic mass is 35.5. The summed E-state index contributed by atoms with van der Waals surface area (Å²) in [5.74, 6) is 0.317. The monoisotopic (exact) mass is 205 g/mol. The van der Waals surface area contributed by atoms with Crippen molar-refractivity contribution in [1.82, 2.24) is 9.78 Å². The second-order valence-corrected chi connectivity index (χ2v) is 2.84. The van der Waals surface area contributed by atoms with Crippen LogP contribution in [-0.4, -0.2) is 30.1 Å². The lowest BCUT2D eigenvalue weighted by atomic mass is 10.7. The molecule has 5 nitrogen and oxygen atoms in total. The number of methoxy groups -OCH3 is 1. The average Bonchev–Trinajstić information content (AvgIpc) is 2.41. The van der Waals surface area contributed by atoms with E-state index in [2.05, 4.69) is 5.10 Å². The van der Waals surface area contributed by atoms with Crippen LogP contribution in [0.2, 0.25) is 5.02 Å². The average molecular weight is 206 g/mol. The molecule has 0 amide bonds. The molecule has 0 saturated heterocycles. The van der Waals surface area contributed by atoms with Gasteiger partial charge in [0.25, 0.3) is 0 Å². The van der Waals surface area contributed by atoms with Gasteiger partial charge in [0.2, 0.25) is 0 Å². The Morgan fingerprint density at radius 2 is 2.38 bits per heavy atom. The molecular weight excluding hydrogens is 194 g/mol. The molecule has 2 N–H and O–H groups in total. The molecule has 74 valence electrons. The van der Waals surface area contributed by atoms with E-state index in [1.165, 1.54) is 4.68 Å². The number of anilines is 1. The first-order valence-corrected chi connectivity index (χ1v) is 4.17. The molecule has 1 aromatic rings. The molecule has 6 heteroatoms. The molecule has 0 atom stereocenters. The largest absolute Gasteiger partial charge is 0.382 e. The van der Waals surface area contributed by atoms with Gasteiger partial charge in [-0.3, -0.25) is 0 Å². The van der Waals surface area contributed by atoms with Crippen molar-refractivity contribution >= 4 is 17.4 Å². The number of halogens is 1. The topological polar surface area (TPSA) is 62.3 Å². The van der Waals surface area contributed by atoms with Crippen LogP contribution < -0.4 is 5.73 Å². The highest BCUT2D eigenvalue weighted by molar-refractivity contribution is 6.32. The molecule has 13 heavy (non-hydrogen) atoms. The molecule has 0 aromatic carbocycles. The van der Waals surface area contributed by atoms with Gasteiger partial charge in [0.05, 0.1) is 13.2 Å². The highest BCUT2D eigenvalue weighted by Gasteiger charge is 2.01. The second-order valence-electron chi connectivity index (χ2n) is 2.43. The number of nitrogens with two attached hydrogens (primary N) is 1. The summed E-state index contributed by atoms with van der Waals surface area (Å²) in [6.45, 7) is 1.42. The Kier molecular flexibility index (Phi) is 4.01. The fourth-order valence-electron chi connectivity index (χ4n) is 0.778. The predicted octanol–water partition coefficient (Wildman–Crippen LogP) is 0.739. The number of rotatable bonds is 5. The summed E-state index contributed by atoms with van der Waals surface area (Å²) >= 11 is 5.68. The van der Waals surface area contributed by atoms with Crippen LogP contribution in [0.25, 0.3) is 0 Å². The van der Waals surface area contributed by atoms with Gasteiger partial charge in [-0.15, -0.1) is 0 Å². The van der Waals surface area contributed by atoms with Crippen molar-refractivity contribution in [2.45, 2.75) is 6.73 Å². The number of hydrogen-bond acceptors (Lipinski definition) is 4. The molecule has 0 bridgehead atoms. The Bertz CT molecular complexity index is 245. The summed E-state index contributed by atoms with van der Waals surface area (Å²) in [5.41, 5.74) is 5.43. The summed E-state index contributed by atoms with van der Waals surface area (Å²) in [6.07, 6.45) is 1.61. The van der Waals surface area contributed by atoms with Gasteiger partial charge in [-0.05, 0) is 0 Å². The first-order valence-electron chi connectivity index (χ1n) is 3.79. The normalized spacial score (nSPS) is 10.6. The number of aromatic nitrogens is 2. The van der Waals surface area contributed by atoms with E-state index in [9.17, 15) is 0 Å². The zero-order valence-electron chi connectivity index (χ0n) is 7.36. The summed E-state index contributed by atoms with van der Waals surface area (Å²) in [4.78, 5) is 0. The molecule has 1 rings (SSSR count). The summed E-state index contributed by atoms with van der Waals surface area (Å²) in [6, 6.07) is 0. The third-order valence-corrected chi connectivity index (χ3v) is 1.69. The number of nitrogen functional groups attached to an aromatic ring is 1. The van der Waals surface area contributed by atoms with Crippen molar-refractivity contribution in [3.05, 3.63) is 11.2 Å². The maximum absolute atomic E-state index is 5.68. The van der Waals surface area contributed by atoms with E-state index >= 15 is 0 Å². The van der Waals surface area contributed by atoms with Crippen LogP contribution >= 0.6 is 11.6 Å². The van der Waals surface area contributed by atoms with E-state index < -0.39 is 0 Å². The van der Waals surface area contributed by atoms with E-state index in [1.54, 1.807) is 13.3 Å². The molecular formula is C7H12ClN3O2. The fraction of sp³-hybridized carbons (Fsp3) is 0.571. The molecule has 1 aromatic heterocycles. The molecule has 0 spiro atoms. The third kappa shape index (κ3) is 3.22. The van der Waals surface area contributed by atoms with Crippen LogP contribution in [-0.2, 0) is 16.2 Å². The van der Waals surface area contributed by atoms with Crippen molar-refractivity contribution in [2.24, 2.45) is 0 Å².